The zero-order chi connectivity index (χ0) is 23.2. The molecule has 9 nitrogen and oxygen atoms in total. The molecule has 1 aromatic carbocycles. The van der Waals surface area contributed by atoms with E-state index in [9.17, 15) is 0 Å². The number of hydrogen-bond donors (Lipinski definition) is 2. The van der Waals surface area contributed by atoms with Crippen molar-refractivity contribution in [3.8, 4) is 5.75 Å². The summed E-state index contributed by atoms with van der Waals surface area (Å²) in [5.74, 6) is 1.84. The van der Waals surface area contributed by atoms with Gasteiger partial charge in [-0.15, -0.1) is 0 Å². The molecule has 0 aliphatic carbocycles. The number of nitrogens with zero attached hydrogens (tertiary/aromatic N) is 6. The molecule has 3 N–H and O–H groups in total. The van der Waals surface area contributed by atoms with E-state index < -0.39 is 0 Å². The normalized spacial score (nSPS) is 15.6. The number of methoxy groups -OCH3 is 1. The Balaban J connectivity index is 1.59. The molecule has 1 saturated heterocycles. The second-order valence-corrected chi connectivity index (χ2v) is 8.83. The van der Waals surface area contributed by atoms with E-state index in [1.807, 2.05) is 4.68 Å². The van der Waals surface area contributed by atoms with Gasteiger partial charge in [0.05, 0.1) is 19.9 Å². The predicted octanol–water partition coefficient (Wildman–Crippen LogP) is 2.81. The van der Waals surface area contributed by atoms with Crippen LogP contribution in [0.3, 0.4) is 0 Å². The van der Waals surface area contributed by atoms with Gasteiger partial charge in [0, 0.05) is 31.7 Å². The zero-order valence-electron chi connectivity index (χ0n) is 20.0. The van der Waals surface area contributed by atoms with Gasteiger partial charge in [0.25, 0.3) is 0 Å². The molecule has 0 saturated carbocycles. The monoisotopic (exact) mass is 452 g/mol. The van der Waals surface area contributed by atoms with Crippen LogP contribution in [0.2, 0.25) is 0 Å². The summed E-state index contributed by atoms with van der Waals surface area (Å²) in [5, 5.41) is 8.02. The van der Waals surface area contributed by atoms with E-state index in [2.05, 4.69) is 62.4 Å². The van der Waals surface area contributed by atoms with Crippen LogP contribution >= 0.6 is 0 Å². The lowest BCUT2D eigenvalue weighted by atomic mass is 10.1. The van der Waals surface area contributed by atoms with Gasteiger partial charge in [0.1, 0.15) is 16.8 Å². The Morgan fingerprint density at radius 1 is 1.12 bits per heavy atom. The molecule has 0 amide bonds. The number of nitrogen functional groups attached to an aromatic ring is 1. The third kappa shape index (κ3) is 5.72. The van der Waals surface area contributed by atoms with Crippen molar-refractivity contribution in [3.63, 3.8) is 0 Å². The molecule has 9 heteroatoms. The Kier molecular flexibility index (Phi) is 7.61. The minimum atomic E-state index is 0.253. The van der Waals surface area contributed by atoms with E-state index in [1.54, 1.807) is 13.3 Å². The highest BCUT2D eigenvalue weighted by molar-refractivity contribution is 5.86. The maximum atomic E-state index is 5.94. The number of fused-ring (bicyclic) bond motifs is 1. The van der Waals surface area contributed by atoms with Crippen molar-refractivity contribution < 1.29 is 4.74 Å². The quantitative estimate of drug-likeness (QED) is 0.479. The lowest BCUT2D eigenvalue weighted by Gasteiger charge is -2.21. The molecule has 0 bridgehead atoms. The van der Waals surface area contributed by atoms with Gasteiger partial charge in [-0.25, -0.2) is 4.98 Å². The van der Waals surface area contributed by atoms with Crippen molar-refractivity contribution >= 4 is 22.8 Å². The average molecular weight is 453 g/mol. The summed E-state index contributed by atoms with van der Waals surface area (Å²) >= 11 is 0. The molecule has 1 fully saturated rings. The fraction of sp³-hybridized carbons (Fsp3) is 0.542. The first-order chi connectivity index (χ1) is 16.1. The van der Waals surface area contributed by atoms with Crippen molar-refractivity contribution in [2.75, 3.05) is 57.9 Å². The maximum Gasteiger partial charge on any atom is 0.222 e. The van der Waals surface area contributed by atoms with E-state index in [0.29, 0.717) is 6.54 Å². The highest BCUT2D eigenvalue weighted by Crippen LogP contribution is 2.26. The van der Waals surface area contributed by atoms with Gasteiger partial charge >= 0.3 is 0 Å². The number of nitrogens with two attached hydrogens (primary N) is 1. The molecular formula is C24H36N8O. The number of benzene rings is 1. The summed E-state index contributed by atoms with van der Waals surface area (Å²) in [6.07, 6.45) is 5.12. The molecule has 0 atom stereocenters. The van der Waals surface area contributed by atoms with Gasteiger partial charge in [-0.05, 0) is 50.7 Å². The van der Waals surface area contributed by atoms with Crippen LogP contribution in [-0.4, -0.2) is 76.4 Å². The lowest BCUT2D eigenvalue weighted by molar-refractivity contribution is 0.269. The number of hydrogen-bond acceptors (Lipinski definition) is 8. The molecule has 0 radical (unpaired) electrons. The number of likely N-dealkylation sites (N-methyl/N-ethyl adjacent to an activating group) is 1. The fourth-order valence-electron chi connectivity index (χ4n) is 4.37. The molecule has 3 heterocycles. The van der Waals surface area contributed by atoms with Crippen molar-refractivity contribution in [2.24, 2.45) is 0 Å². The average Bonchev–Trinajstić information content (AvgIpc) is 3.08. The summed E-state index contributed by atoms with van der Waals surface area (Å²) < 4.78 is 7.62. The van der Waals surface area contributed by atoms with Crippen molar-refractivity contribution in [1.29, 1.82) is 0 Å². The molecule has 33 heavy (non-hydrogen) atoms. The number of rotatable bonds is 9. The lowest BCUT2D eigenvalue weighted by Crippen LogP contribution is -2.28. The molecule has 1 aliphatic rings. The minimum Gasteiger partial charge on any atom is -0.496 e. The van der Waals surface area contributed by atoms with Crippen molar-refractivity contribution in [2.45, 2.75) is 39.3 Å². The topological polar surface area (TPSA) is 97.4 Å². The third-order valence-corrected chi connectivity index (χ3v) is 6.21. The number of unbranched alkanes of at least 4 members (excludes halogenated alkanes) is 1. The fourth-order valence-corrected chi connectivity index (χ4v) is 4.37. The third-order valence-electron chi connectivity index (χ3n) is 6.21. The summed E-state index contributed by atoms with van der Waals surface area (Å²) in [6.45, 7) is 8.99. The van der Waals surface area contributed by atoms with Crippen molar-refractivity contribution in [1.82, 2.24) is 29.5 Å². The first-order valence-corrected chi connectivity index (χ1v) is 11.9. The van der Waals surface area contributed by atoms with Gasteiger partial charge in [-0.3, -0.25) is 9.58 Å². The van der Waals surface area contributed by atoms with Crippen LogP contribution in [-0.2, 0) is 13.1 Å². The highest BCUT2D eigenvalue weighted by atomic mass is 16.5. The molecule has 0 unspecified atom stereocenters. The van der Waals surface area contributed by atoms with E-state index >= 15 is 0 Å². The predicted molar refractivity (Wildman–Crippen MR) is 133 cm³/mol. The van der Waals surface area contributed by atoms with Crippen LogP contribution in [0.5, 0.6) is 5.75 Å². The first kappa shape index (κ1) is 23.3. The van der Waals surface area contributed by atoms with E-state index in [4.69, 9.17) is 10.5 Å². The first-order valence-electron chi connectivity index (χ1n) is 11.9. The Morgan fingerprint density at radius 3 is 2.82 bits per heavy atom. The Bertz CT molecular complexity index is 1070. The number of nitrogens with one attached hydrogen (secondary N) is 1. The second-order valence-electron chi connectivity index (χ2n) is 8.83. The smallest absolute Gasteiger partial charge is 0.222 e. The Morgan fingerprint density at radius 2 is 2.00 bits per heavy atom. The molecule has 4 rings (SSSR count). The highest BCUT2D eigenvalue weighted by Gasteiger charge is 2.16. The summed E-state index contributed by atoms with van der Waals surface area (Å²) in [4.78, 5) is 13.8. The van der Waals surface area contributed by atoms with Crippen LogP contribution in [0.1, 0.15) is 37.3 Å². The van der Waals surface area contributed by atoms with Crippen LogP contribution in [0.25, 0.3) is 11.0 Å². The SMILES string of the molecule is CCCCNc1nc(N)nc2cnn(Cc3cc(CN4CCCN(C)CC4)ccc3OC)c12. The molecule has 3 aromatic rings. The van der Waals surface area contributed by atoms with Crippen molar-refractivity contribution in [3.05, 3.63) is 35.5 Å². The van der Waals surface area contributed by atoms with Gasteiger partial charge in [0.2, 0.25) is 5.95 Å². The molecule has 2 aromatic heterocycles. The standard InChI is InChI=1S/C24H36N8O/c1-4-5-9-26-23-22-20(28-24(25)29-23)15-27-32(22)17-19-14-18(7-8-21(19)33-3)16-31-11-6-10-30(2)12-13-31/h7-8,14-15H,4-6,9-13,16-17H2,1-3H3,(H3,25,26,28,29). The van der Waals surface area contributed by atoms with Crippen LogP contribution in [0.15, 0.2) is 24.4 Å². The number of anilines is 2. The second kappa shape index (κ2) is 10.8. The van der Waals surface area contributed by atoms with Gasteiger partial charge in [-0.1, -0.05) is 19.4 Å². The van der Waals surface area contributed by atoms with E-state index in [1.165, 1.54) is 12.0 Å². The summed E-state index contributed by atoms with van der Waals surface area (Å²) in [6, 6.07) is 6.47. The maximum absolute atomic E-state index is 5.94. The van der Waals surface area contributed by atoms with Crippen LogP contribution < -0.4 is 15.8 Å². The Labute approximate surface area is 195 Å². The van der Waals surface area contributed by atoms with E-state index in [-0.39, 0.29) is 5.95 Å². The molecule has 178 valence electrons. The summed E-state index contributed by atoms with van der Waals surface area (Å²) in [5.41, 5.74) is 9.92. The van der Waals surface area contributed by atoms with E-state index in [0.717, 1.165) is 80.3 Å². The summed E-state index contributed by atoms with van der Waals surface area (Å²) in [7, 11) is 3.91. The van der Waals surface area contributed by atoms with Gasteiger partial charge < -0.3 is 20.7 Å². The number of aromatic nitrogens is 4. The van der Waals surface area contributed by atoms with Gasteiger partial charge in [0.15, 0.2) is 5.82 Å². The van der Waals surface area contributed by atoms with Gasteiger partial charge in [-0.2, -0.15) is 10.1 Å². The van der Waals surface area contributed by atoms with Crippen LogP contribution in [0.4, 0.5) is 11.8 Å². The molecule has 0 spiro atoms. The molecule has 1 aliphatic heterocycles. The zero-order valence-corrected chi connectivity index (χ0v) is 20.0. The number of ether oxygens (including phenoxy) is 1. The minimum absolute atomic E-state index is 0.253. The molecular weight excluding hydrogens is 416 g/mol. The Hall–Kier alpha value is -2.91. The largest absolute Gasteiger partial charge is 0.496 e. The van der Waals surface area contributed by atoms with Crippen LogP contribution in [0, 0.1) is 0 Å².